The van der Waals surface area contributed by atoms with E-state index < -0.39 is 11.5 Å². The number of aryl methyl sites for hydroxylation is 1. The molecule has 4 rings (SSSR count). The predicted octanol–water partition coefficient (Wildman–Crippen LogP) is 3.92. The Kier molecular flexibility index (Phi) is 4.18. The van der Waals surface area contributed by atoms with Gasteiger partial charge in [-0.1, -0.05) is 0 Å². The fourth-order valence-corrected chi connectivity index (χ4v) is 3.53. The standard InChI is InChI=1S/C21H18FNO4/c1-12-3-4-13-9-15(22)6-8-18(13)23(12)20(24)17-10-14-5-7-16(26-2)11-19(14)27-21(17)25/h5-12H,3-4H2,1-2H3. The summed E-state index contributed by atoms with van der Waals surface area (Å²) in [6.07, 6.45) is 1.38. The molecule has 0 radical (unpaired) electrons. The summed E-state index contributed by atoms with van der Waals surface area (Å²) in [5.41, 5.74) is 0.995. The molecule has 1 aliphatic heterocycles. The summed E-state index contributed by atoms with van der Waals surface area (Å²) >= 11 is 0. The number of hydrogen-bond donors (Lipinski definition) is 0. The molecule has 1 atom stereocenters. The second-order valence-electron chi connectivity index (χ2n) is 6.69. The average Bonchev–Trinajstić information content (AvgIpc) is 2.66. The highest BCUT2D eigenvalue weighted by Crippen LogP contribution is 2.32. The fraction of sp³-hybridized carbons (Fsp3) is 0.238. The van der Waals surface area contributed by atoms with Crippen LogP contribution in [0.15, 0.2) is 51.7 Å². The largest absolute Gasteiger partial charge is 0.497 e. The number of ether oxygens (including phenoxy) is 1. The molecule has 5 nitrogen and oxygen atoms in total. The normalized spacial score (nSPS) is 16.3. The molecule has 0 bridgehead atoms. The first kappa shape index (κ1) is 17.3. The van der Waals surface area contributed by atoms with Gasteiger partial charge >= 0.3 is 5.63 Å². The molecular formula is C21H18FNO4. The van der Waals surface area contributed by atoms with Crippen LogP contribution < -0.4 is 15.3 Å². The van der Waals surface area contributed by atoms with Crippen LogP contribution in [0.2, 0.25) is 0 Å². The maximum absolute atomic E-state index is 13.6. The van der Waals surface area contributed by atoms with Crippen LogP contribution in [0.1, 0.15) is 29.3 Å². The molecule has 3 aromatic rings. The number of nitrogens with zero attached hydrogens (tertiary/aromatic N) is 1. The van der Waals surface area contributed by atoms with Crippen molar-refractivity contribution in [3.8, 4) is 5.75 Å². The highest BCUT2D eigenvalue weighted by molar-refractivity contribution is 6.08. The lowest BCUT2D eigenvalue weighted by molar-refractivity contribution is 0.0971. The van der Waals surface area contributed by atoms with Gasteiger partial charge in [0.2, 0.25) is 0 Å². The van der Waals surface area contributed by atoms with Crippen LogP contribution >= 0.6 is 0 Å². The monoisotopic (exact) mass is 367 g/mol. The minimum atomic E-state index is -0.706. The first-order valence-electron chi connectivity index (χ1n) is 8.72. The van der Waals surface area contributed by atoms with Crippen LogP contribution in [0.4, 0.5) is 10.1 Å². The summed E-state index contributed by atoms with van der Waals surface area (Å²) in [7, 11) is 1.52. The van der Waals surface area contributed by atoms with Crippen LogP contribution in [-0.2, 0) is 6.42 Å². The van der Waals surface area contributed by atoms with Crippen LogP contribution in [0.25, 0.3) is 11.0 Å². The molecule has 2 aromatic carbocycles. The van der Waals surface area contributed by atoms with Crippen molar-refractivity contribution < 1.29 is 18.3 Å². The quantitative estimate of drug-likeness (QED) is 0.644. The number of hydrogen-bond acceptors (Lipinski definition) is 4. The summed E-state index contributed by atoms with van der Waals surface area (Å²) in [4.78, 5) is 27.2. The first-order chi connectivity index (χ1) is 13.0. The van der Waals surface area contributed by atoms with E-state index in [0.29, 0.717) is 35.2 Å². The number of carbonyl (C=O) groups is 1. The van der Waals surface area contributed by atoms with E-state index in [-0.39, 0.29) is 17.4 Å². The van der Waals surface area contributed by atoms with Gasteiger partial charge < -0.3 is 14.1 Å². The van der Waals surface area contributed by atoms with E-state index in [2.05, 4.69) is 0 Å². The number of benzene rings is 2. The fourth-order valence-electron chi connectivity index (χ4n) is 3.53. The summed E-state index contributed by atoms with van der Waals surface area (Å²) in [6, 6.07) is 10.9. The van der Waals surface area contributed by atoms with Crippen molar-refractivity contribution in [2.45, 2.75) is 25.8 Å². The predicted molar refractivity (Wildman–Crippen MR) is 100 cm³/mol. The van der Waals surface area contributed by atoms with Crippen molar-refractivity contribution in [2.75, 3.05) is 12.0 Å². The van der Waals surface area contributed by atoms with Crippen LogP contribution in [0.3, 0.4) is 0 Å². The smallest absolute Gasteiger partial charge is 0.349 e. The lowest BCUT2D eigenvalue weighted by Crippen LogP contribution is -2.43. The van der Waals surface area contributed by atoms with Crippen molar-refractivity contribution in [2.24, 2.45) is 0 Å². The number of methoxy groups -OCH3 is 1. The Labute approximate surface area is 155 Å². The molecule has 0 fully saturated rings. The maximum Gasteiger partial charge on any atom is 0.349 e. The second kappa shape index (κ2) is 6.54. The van der Waals surface area contributed by atoms with Gasteiger partial charge in [0, 0.05) is 23.2 Å². The van der Waals surface area contributed by atoms with E-state index in [4.69, 9.17) is 9.15 Å². The first-order valence-corrected chi connectivity index (χ1v) is 8.72. The van der Waals surface area contributed by atoms with Crippen molar-refractivity contribution in [3.63, 3.8) is 0 Å². The van der Waals surface area contributed by atoms with Crippen LogP contribution in [0, 0.1) is 5.82 Å². The van der Waals surface area contributed by atoms with Crippen molar-refractivity contribution in [1.29, 1.82) is 0 Å². The molecule has 1 unspecified atom stereocenters. The van der Waals surface area contributed by atoms with Gasteiger partial charge in [-0.15, -0.1) is 0 Å². The molecule has 0 N–H and O–H groups in total. The summed E-state index contributed by atoms with van der Waals surface area (Å²) in [6.45, 7) is 1.91. The lowest BCUT2D eigenvalue weighted by atomic mass is 9.95. The number of rotatable bonds is 2. The maximum atomic E-state index is 13.6. The minimum Gasteiger partial charge on any atom is -0.497 e. The molecule has 1 amide bonds. The molecule has 138 valence electrons. The molecule has 27 heavy (non-hydrogen) atoms. The van der Waals surface area contributed by atoms with Gasteiger partial charge in [0.15, 0.2) is 0 Å². The van der Waals surface area contributed by atoms with Gasteiger partial charge in [-0.05, 0) is 61.7 Å². The number of anilines is 1. The van der Waals surface area contributed by atoms with Gasteiger partial charge in [-0.3, -0.25) is 4.79 Å². The Morgan fingerprint density at radius 3 is 2.81 bits per heavy atom. The Morgan fingerprint density at radius 1 is 1.22 bits per heavy atom. The minimum absolute atomic E-state index is 0.0447. The summed E-state index contributed by atoms with van der Waals surface area (Å²) in [5, 5.41) is 0.628. The highest BCUT2D eigenvalue weighted by Gasteiger charge is 2.31. The highest BCUT2D eigenvalue weighted by atomic mass is 19.1. The van der Waals surface area contributed by atoms with Gasteiger partial charge in [0.1, 0.15) is 22.7 Å². The number of fused-ring (bicyclic) bond motifs is 2. The summed E-state index contributed by atoms with van der Waals surface area (Å²) < 4.78 is 24.0. The number of amides is 1. The van der Waals surface area contributed by atoms with E-state index in [1.54, 1.807) is 29.2 Å². The van der Waals surface area contributed by atoms with Crippen LogP contribution in [0.5, 0.6) is 5.75 Å². The number of carbonyl (C=O) groups excluding carboxylic acids is 1. The zero-order valence-electron chi connectivity index (χ0n) is 15.0. The second-order valence-corrected chi connectivity index (χ2v) is 6.69. The molecule has 0 saturated carbocycles. The third-order valence-corrected chi connectivity index (χ3v) is 4.97. The zero-order chi connectivity index (χ0) is 19.1. The molecule has 0 aliphatic carbocycles. The average molecular weight is 367 g/mol. The van der Waals surface area contributed by atoms with E-state index in [0.717, 1.165) is 5.56 Å². The van der Waals surface area contributed by atoms with Gasteiger partial charge in [0.25, 0.3) is 5.91 Å². The van der Waals surface area contributed by atoms with E-state index in [1.165, 1.54) is 25.3 Å². The molecule has 1 aromatic heterocycles. The van der Waals surface area contributed by atoms with E-state index in [9.17, 15) is 14.0 Å². The Hall–Kier alpha value is -3.15. The van der Waals surface area contributed by atoms with Gasteiger partial charge in [0.05, 0.1) is 7.11 Å². The SMILES string of the molecule is COc1ccc2cc(C(=O)N3c4ccc(F)cc4CCC3C)c(=O)oc2c1. The number of halogens is 1. The zero-order valence-corrected chi connectivity index (χ0v) is 15.0. The third kappa shape index (κ3) is 2.97. The Balaban J connectivity index is 1.81. The van der Waals surface area contributed by atoms with E-state index in [1.807, 2.05) is 6.92 Å². The molecule has 0 spiro atoms. The van der Waals surface area contributed by atoms with Crippen molar-refractivity contribution in [3.05, 3.63) is 69.8 Å². The molecule has 2 heterocycles. The molecule has 1 aliphatic rings. The Morgan fingerprint density at radius 2 is 2.04 bits per heavy atom. The van der Waals surface area contributed by atoms with Crippen molar-refractivity contribution >= 4 is 22.6 Å². The Bertz CT molecular complexity index is 1110. The van der Waals surface area contributed by atoms with Crippen molar-refractivity contribution in [1.82, 2.24) is 0 Å². The molecule has 0 saturated heterocycles. The molecule has 6 heteroatoms. The van der Waals surface area contributed by atoms with Crippen LogP contribution in [-0.4, -0.2) is 19.1 Å². The van der Waals surface area contributed by atoms with E-state index >= 15 is 0 Å². The van der Waals surface area contributed by atoms with Gasteiger partial charge in [-0.25, -0.2) is 9.18 Å². The van der Waals surface area contributed by atoms with Gasteiger partial charge in [-0.2, -0.15) is 0 Å². The molecular weight excluding hydrogens is 349 g/mol. The summed E-state index contributed by atoms with van der Waals surface area (Å²) in [5.74, 6) is -0.221. The third-order valence-electron chi connectivity index (χ3n) is 4.97. The lowest BCUT2D eigenvalue weighted by Gasteiger charge is -2.35. The topological polar surface area (TPSA) is 59.8 Å².